The van der Waals surface area contributed by atoms with Gasteiger partial charge in [-0.15, -0.1) is 0 Å². The molecular formula is C12H23N3O2. The van der Waals surface area contributed by atoms with Crippen LogP contribution < -0.4 is 5.32 Å². The number of hydrogen-bond acceptors (Lipinski definition) is 4. The molecular weight excluding hydrogens is 218 g/mol. The molecule has 0 spiro atoms. The molecule has 1 N–H and O–H groups in total. The Labute approximate surface area is 103 Å². The Morgan fingerprint density at radius 2 is 2.24 bits per heavy atom. The number of morpholine rings is 1. The van der Waals surface area contributed by atoms with Crippen molar-refractivity contribution in [1.29, 1.82) is 0 Å². The Balaban J connectivity index is 1.76. The summed E-state index contributed by atoms with van der Waals surface area (Å²) in [6, 6.07) is 0. The number of carbonyl (C=O) groups is 1. The van der Waals surface area contributed by atoms with Crippen molar-refractivity contribution in [3.8, 4) is 0 Å². The molecule has 98 valence electrons. The second kappa shape index (κ2) is 6.33. The third kappa shape index (κ3) is 3.94. The van der Waals surface area contributed by atoms with E-state index in [1.165, 1.54) is 0 Å². The second-order valence-electron chi connectivity index (χ2n) is 4.86. The first-order valence-corrected chi connectivity index (χ1v) is 6.56. The van der Waals surface area contributed by atoms with Crippen LogP contribution in [-0.4, -0.2) is 74.2 Å². The summed E-state index contributed by atoms with van der Waals surface area (Å²) in [5.74, 6) is 0.197. The highest BCUT2D eigenvalue weighted by molar-refractivity contribution is 5.73. The van der Waals surface area contributed by atoms with Gasteiger partial charge in [-0.05, 0) is 13.0 Å². The minimum atomic E-state index is 0.197. The van der Waals surface area contributed by atoms with Crippen LogP contribution in [0.3, 0.4) is 0 Å². The number of nitrogens with zero attached hydrogens (tertiary/aromatic N) is 2. The summed E-state index contributed by atoms with van der Waals surface area (Å²) >= 11 is 0. The summed E-state index contributed by atoms with van der Waals surface area (Å²) in [6.45, 7) is 9.18. The van der Waals surface area contributed by atoms with Crippen LogP contribution in [0.25, 0.3) is 0 Å². The number of carbonyl (C=O) groups excluding carboxylic acids is 1. The normalized spacial score (nSPS) is 27.8. The molecule has 0 aromatic carbocycles. The van der Waals surface area contributed by atoms with E-state index < -0.39 is 0 Å². The van der Waals surface area contributed by atoms with Crippen molar-refractivity contribution in [2.24, 2.45) is 0 Å². The molecule has 2 aliphatic heterocycles. The summed E-state index contributed by atoms with van der Waals surface area (Å²) < 4.78 is 5.71. The third-order valence-corrected chi connectivity index (χ3v) is 3.50. The molecule has 0 aromatic rings. The number of rotatable bonds is 2. The maximum Gasteiger partial charge on any atom is 0.219 e. The van der Waals surface area contributed by atoms with E-state index in [0.717, 1.165) is 58.8 Å². The molecule has 1 unspecified atom stereocenters. The SMILES string of the molecule is CC(=O)N1CCCN(CC2CNCCO2)CC1. The maximum atomic E-state index is 11.3. The Morgan fingerprint density at radius 3 is 2.94 bits per heavy atom. The Bertz CT molecular complexity index is 254. The number of nitrogens with one attached hydrogen (secondary N) is 1. The molecule has 2 saturated heterocycles. The highest BCUT2D eigenvalue weighted by atomic mass is 16.5. The molecule has 0 radical (unpaired) electrons. The van der Waals surface area contributed by atoms with Crippen LogP contribution in [0, 0.1) is 0 Å². The zero-order valence-corrected chi connectivity index (χ0v) is 10.7. The van der Waals surface area contributed by atoms with Gasteiger partial charge in [-0.3, -0.25) is 9.69 Å². The maximum absolute atomic E-state index is 11.3. The fourth-order valence-corrected chi connectivity index (χ4v) is 2.49. The molecule has 1 amide bonds. The lowest BCUT2D eigenvalue weighted by Crippen LogP contribution is -2.46. The van der Waals surface area contributed by atoms with Crippen molar-refractivity contribution in [1.82, 2.24) is 15.1 Å². The molecule has 5 nitrogen and oxygen atoms in total. The van der Waals surface area contributed by atoms with E-state index in [-0.39, 0.29) is 5.91 Å². The lowest BCUT2D eigenvalue weighted by atomic mass is 10.2. The smallest absolute Gasteiger partial charge is 0.219 e. The van der Waals surface area contributed by atoms with Crippen molar-refractivity contribution >= 4 is 5.91 Å². The topological polar surface area (TPSA) is 44.8 Å². The van der Waals surface area contributed by atoms with Gasteiger partial charge in [0.25, 0.3) is 0 Å². The average Bonchev–Trinajstić information content (AvgIpc) is 2.56. The standard InChI is InChI=1S/C12H23N3O2/c1-11(16)15-5-2-4-14(6-7-15)10-12-9-13-3-8-17-12/h12-13H,2-10H2,1H3. The predicted molar refractivity (Wildman–Crippen MR) is 65.9 cm³/mol. The van der Waals surface area contributed by atoms with Crippen LogP contribution in [-0.2, 0) is 9.53 Å². The van der Waals surface area contributed by atoms with Crippen LogP contribution in [0.2, 0.25) is 0 Å². The second-order valence-corrected chi connectivity index (χ2v) is 4.86. The Kier molecular flexibility index (Phi) is 4.76. The predicted octanol–water partition coefficient (Wildman–Crippen LogP) is -0.471. The summed E-state index contributed by atoms with van der Waals surface area (Å²) in [5.41, 5.74) is 0. The fraction of sp³-hybridized carbons (Fsp3) is 0.917. The summed E-state index contributed by atoms with van der Waals surface area (Å²) in [6.07, 6.45) is 1.38. The van der Waals surface area contributed by atoms with Crippen LogP contribution in [0.1, 0.15) is 13.3 Å². The van der Waals surface area contributed by atoms with Gasteiger partial charge < -0.3 is 15.0 Å². The fourth-order valence-electron chi connectivity index (χ4n) is 2.49. The summed E-state index contributed by atoms with van der Waals surface area (Å²) in [4.78, 5) is 15.7. The van der Waals surface area contributed by atoms with E-state index in [1.807, 2.05) is 4.90 Å². The molecule has 0 bridgehead atoms. The molecule has 2 rings (SSSR count). The van der Waals surface area contributed by atoms with E-state index in [1.54, 1.807) is 6.92 Å². The third-order valence-electron chi connectivity index (χ3n) is 3.50. The molecule has 0 aromatic heterocycles. The van der Waals surface area contributed by atoms with Crippen molar-refractivity contribution in [3.63, 3.8) is 0 Å². The van der Waals surface area contributed by atoms with Gasteiger partial charge in [0, 0.05) is 46.2 Å². The minimum absolute atomic E-state index is 0.197. The van der Waals surface area contributed by atoms with Crippen LogP contribution in [0.15, 0.2) is 0 Å². The van der Waals surface area contributed by atoms with Gasteiger partial charge in [0.05, 0.1) is 12.7 Å². The first-order chi connectivity index (χ1) is 8.25. The summed E-state index contributed by atoms with van der Waals surface area (Å²) in [7, 11) is 0. The highest BCUT2D eigenvalue weighted by Crippen LogP contribution is 2.06. The molecule has 2 fully saturated rings. The number of amides is 1. The first-order valence-electron chi connectivity index (χ1n) is 6.56. The van der Waals surface area contributed by atoms with Gasteiger partial charge in [0.1, 0.15) is 0 Å². The van der Waals surface area contributed by atoms with Crippen molar-refractivity contribution in [3.05, 3.63) is 0 Å². The zero-order valence-electron chi connectivity index (χ0n) is 10.7. The van der Waals surface area contributed by atoms with Crippen molar-refractivity contribution in [2.75, 3.05) is 52.4 Å². The van der Waals surface area contributed by atoms with Gasteiger partial charge in [-0.25, -0.2) is 0 Å². The van der Waals surface area contributed by atoms with Crippen molar-refractivity contribution in [2.45, 2.75) is 19.4 Å². The lowest BCUT2D eigenvalue weighted by Gasteiger charge is -2.29. The number of hydrogen-bond donors (Lipinski definition) is 1. The van der Waals surface area contributed by atoms with Gasteiger partial charge in [-0.1, -0.05) is 0 Å². The van der Waals surface area contributed by atoms with E-state index >= 15 is 0 Å². The Hall–Kier alpha value is -0.650. The zero-order chi connectivity index (χ0) is 12.1. The van der Waals surface area contributed by atoms with E-state index in [0.29, 0.717) is 6.10 Å². The summed E-state index contributed by atoms with van der Waals surface area (Å²) in [5, 5.41) is 3.35. The van der Waals surface area contributed by atoms with Crippen LogP contribution in [0.5, 0.6) is 0 Å². The molecule has 5 heteroatoms. The molecule has 2 heterocycles. The molecule has 0 saturated carbocycles. The van der Waals surface area contributed by atoms with E-state index in [4.69, 9.17) is 4.74 Å². The van der Waals surface area contributed by atoms with Gasteiger partial charge in [-0.2, -0.15) is 0 Å². The van der Waals surface area contributed by atoms with Crippen LogP contribution in [0.4, 0.5) is 0 Å². The quantitative estimate of drug-likeness (QED) is 0.710. The molecule has 17 heavy (non-hydrogen) atoms. The molecule has 0 aliphatic carbocycles. The van der Waals surface area contributed by atoms with Gasteiger partial charge in [0.2, 0.25) is 5.91 Å². The first kappa shape index (κ1) is 12.8. The van der Waals surface area contributed by atoms with Crippen molar-refractivity contribution < 1.29 is 9.53 Å². The largest absolute Gasteiger partial charge is 0.374 e. The van der Waals surface area contributed by atoms with Gasteiger partial charge >= 0.3 is 0 Å². The average molecular weight is 241 g/mol. The molecule has 2 aliphatic rings. The van der Waals surface area contributed by atoms with E-state index in [2.05, 4.69) is 10.2 Å². The van der Waals surface area contributed by atoms with Crippen LogP contribution >= 0.6 is 0 Å². The molecule has 1 atom stereocenters. The highest BCUT2D eigenvalue weighted by Gasteiger charge is 2.20. The minimum Gasteiger partial charge on any atom is -0.374 e. The number of ether oxygens (including phenoxy) is 1. The van der Waals surface area contributed by atoms with E-state index in [9.17, 15) is 4.79 Å². The Morgan fingerprint density at radius 1 is 1.35 bits per heavy atom. The van der Waals surface area contributed by atoms with Gasteiger partial charge in [0.15, 0.2) is 0 Å². The lowest BCUT2D eigenvalue weighted by molar-refractivity contribution is -0.128. The monoisotopic (exact) mass is 241 g/mol.